The third-order valence-electron chi connectivity index (χ3n) is 8.04. The lowest BCUT2D eigenvalue weighted by Gasteiger charge is -2.40. The quantitative estimate of drug-likeness (QED) is 0.404. The second kappa shape index (κ2) is 12.6. The second-order valence-corrected chi connectivity index (χ2v) is 10.6. The Hall–Kier alpha value is -2.54. The third-order valence-corrected chi connectivity index (χ3v) is 8.47. The Morgan fingerprint density at radius 1 is 1.11 bits per heavy atom. The van der Waals surface area contributed by atoms with Crippen LogP contribution in [0.2, 0.25) is 5.02 Å². The van der Waals surface area contributed by atoms with E-state index in [0.29, 0.717) is 17.9 Å². The zero-order chi connectivity index (χ0) is 25.5. The van der Waals surface area contributed by atoms with Gasteiger partial charge in [-0.1, -0.05) is 29.8 Å². The van der Waals surface area contributed by atoms with E-state index in [2.05, 4.69) is 70.0 Å². The zero-order valence-corrected chi connectivity index (χ0v) is 22.0. The molecule has 3 heterocycles. The number of halogens is 1. The van der Waals surface area contributed by atoms with Gasteiger partial charge in [-0.25, -0.2) is 0 Å². The highest BCUT2D eigenvalue weighted by atomic mass is 35.5. The lowest BCUT2D eigenvalue weighted by Crippen LogP contribution is -2.45. The molecule has 2 aliphatic heterocycles. The molecule has 0 radical (unpaired) electrons. The van der Waals surface area contributed by atoms with Crippen LogP contribution in [0.3, 0.4) is 0 Å². The third kappa shape index (κ3) is 6.23. The second-order valence-electron chi connectivity index (χ2n) is 10.2. The summed E-state index contributed by atoms with van der Waals surface area (Å²) >= 11 is 6.21. The summed E-state index contributed by atoms with van der Waals surface area (Å²) in [6, 6.07) is 15.3. The number of hydrogen-bond acceptors (Lipinski definition) is 4. The Morgan fingerprint density at radius 3 is 2.47 bits per heavy atom. The van der Waals surface area contributed by atoms with Crippen molar-refractivity contribution in [2.24, 2.45) is 11.7 Å². The van der Waals surface area contributed by atoms with Crippen LogP contribution >= 0.6 is 11.6 Å². The van der Waals surface area contributed by atoms with Crippen molar-refractivity contribution in [3.05, 3.63) is 64.8 Å². The van der Waals surface area contributed by atoms with Crippen LogP contribution in [0.5, 0.6) is 0 Å². The maximum Gasteiger partial charge on any atom is 0.204 e. The number of aryl methyl sites for hydroxylation is 1. The van der Waals surface area contributed by atoms with Crippen LogP contribution in [0.25, 0.3) is 10.9 Å². The molecule has 2 aromatic carbocycles. The van der Waals surface area contributed by atoms with E-state index in [1.165, 1.54) is 47.8 Å². The number of aliphatic hydroxyl groups is 1. The zero-order valence-electron chi connectivity index (χ0n) is 21.2. The molecule has 2 saturated heterocycles. The van der Waals surface area contributed by atoms with Crippen molar-refractivity contribution >= 4 is 34.6 Å². The van der Waals surface area contributed by atoms with E-state index in [-0.39, 0.29) is 13.0 Å². The molecule has 0 aliphatic carbocycles. The largest absolute Gasteiger partial charge is 0.395 e. The molecular formula is C29H39ClN4O2. The Balaban J connectivity index is 0.000000967. The van der Waals surface area contributed by atoms with Gasteiger partial charge in [-0.05, 0) is 99.3 Å². The number of nitrogens with one attached hydrogen (secondary N) is 1. The lowest BCUT2D eigenvalue weighted by atomic mass is 9.86. The first-order chi connectivity index (χ1) is 17.5. The minimum absolute atomic E-state index is 0.250. The number of nitrogens with two attached hydrogens (primary N) is 1. The molecule has 5 rings (SSSR count). The monoisotopic (exact) mass is 510 g/mol. The molecule has 36 heavy (non-hydrogen) atoms. The number of aromatic amines is 1. The SMILES string of the molecule is Cc1cc(N2CCC(CC(CO)N3CCC(c4c[nH]c5ccccc45)CC3)CC2)ccc1Cl.NC=O. The number of fused-ring (bicyclic) bond motifs is 1. The molecule has 2 fully saturated rings. The average Bonchev–Trinajstić information content (AvgIpc) is 3.34. The molecule has 0 saturated carbocycles. The van der Waals surface area contributed by atoms with Crippen molar-refractivity contribution in [3.8, 4) is 0 Å². The van der Waals surface area contributed by atoms with Crippen LogP contribution in [0, 0.1) is 12.8 Å². The maximum absolute atomic E-state index is 10.2. The molecule has 4 N–H and O–H groups in total. The lowest BCUT2D eigenvalue weighted by molar-refractivity contribution is -0.106. The molecule has 0 bridgehead atoms. The molecule has 1 atom stereocenters. The van der Waals surface area contributed by atoms with Gasteiger partial charge in [0.25, 0.3) is 0 Å². The summed E-state index contributed by atoms with van der Waals surface area (Å²) in [5.74, 6) is 1.31. The molecule has 3 aromatic rings. The number of aliphatic hydroxyl groups excluding tert-OH is 1. The van der Waals surface area contributed by atoms with Gasteiger partial charge < -0.3 is 20.7 Å². The predicted octanol–water partition coefficient (Wildman–Crippen LogP) is 5.08. The Labute approximate surface area is 219 Å². The van der Waals surface area contributed by atoms with Crippen molar-refractivity contribution in [2.45, 2.75) is 51.0 Å². The molecule has 194 valence electrons. The smallest absolute Gasteiger partial charge is 0.204 e. The van der Waals surface area contributed by atoms with E-state index in [1.54, 1.807) is 0 Å². The number of carbonyl (C=O) groups excluding carboxylic acids is 1. The summed E-state index contributed by atoms with van der Waals surface area (Å²) in [6.45, 7) is 6.69. The number of hydrogen-bond donors (Lipinski definition) is 3. The number of rotatable bonds is 6. The van der Waals surface area contributed by atoms with Crippen molar-refractivity contribution in [1.82, 2.24) is 9.88 Å². The summed E-state index contributed by atoms with van der Waals surface area (Å²) in [5, 5.41) is 12.4. The predicted molar refractivity (Wildman–Crippen MR) is 149 cm³/mol. The number of likely N-dealkylation sites (tertiary alicyclic amines) is 1. The normalized spacial score (nSPS) is 18.6. The molecule has 7 heteroatoms. The average molecular weight is 511 g/mol. The first-order valence-corrected chi connectivity index (χ1v) is 13.5. The number of para-hydroxylation sites is 1. The number of primary amides is 1. The molecule has 6 nitrogen and oxygen atoms in total. The number of nitrogens with zero attached hydrogens (tertiary/aromatic N) is 2. The van der Waals surface area contributed by atoms with Crippen LogP contribution < -0.4 is 10.6 Å². The van der Waals surface area contributed by atoms with Gasteiger partial charge in [-0.2, -0.15) is 0 Å². The van der Waals surface area contributed by atoms with Crippen LogP contribution in [0.1, 0.15) is 49.1 Å². The van der Waals surface area contributed by atoms with E-state index >= 15 is 0 Å². The summed E-state index contributed by atoms with van der Waals surface area (Å²) in [4.78, 5) is 17.1. The first-order valence-electron chi connectivity index (χ1n) is 13.1. The molecule has 1 amide bonds. The van der Waals surface area contributed by atoms with Gasteiger partial charge in [0.2, 0.25) is 6.41 Å². The highest BCUT2D eigenvalue weighted by Crippen LogP contribution is 2.35. The summed E-state index contributed by atoms with van der Waals surface area (Å²) in [7, 11) is 0. The summed E-state index contributed by atoms with van der Waals surface area (Å²) < 4.78 is 0. The van der Waals surface area contributed by atoms with E-state index < -0.39 is 0 Å². The van der Waals surface area contributed by atoms with Crippen molar-refractivity contribution in [3.63, 3.8) is 0 Å². The molecular weight excluding hydrogens is 472 g/mol. The topological polar surface area (TPSA) is 85.6 Å². The molecule has 1 unspecified atom stereocenters. The Kier molecular flexibility index (Phi) is 9.30. The summed E-state index contributed by atoms with van der Waals surface area (Å²) in [5.41, 5.74) is 9.31. The number of piperidine rings is 2. The van der Waals surface area contributed by atoms with E-state index in [4.69, 9.17) is 16.4 Å². The fourth-order valence-corrected chi connectivity index (χ4v) is 6.10. The summed E-state index contributed by atoms with van der Waals surface area (Å²) in [6.07, 6.45) is 8.32. The number of amides is 1. The van der Waals surface area contributed by atoms with E-state index in [9.17, 15) is 5.11 Å². The number of carbonyl (C=O) groups is 1. The number of aromatic nitrogens is 1. The minimum atomic E-state index is 0.250. The Morgan fingerprint density at radius 2 is 1.81 bits per heavy atom. The highest BCUT2D eigenvalue weighted by Gasteiger charge is 2.29. The van der Waals surface area contributed by atoms with Crippen LogP contribution in [0.15, 0.2) is 48.7 Å². The molecule has 1 aromatic heterocycles. The maximum atomic E-state index is 10.2. The van der Waals surface area contributed by atoms with Crippen LogP contribution in [-0.4, -0.2) is 60.2 Å². The van der Waals surface area contributed by atoms with Gasteiger partial charge in [0.1, 0.15) is 0 Å². The van der Waals surface area contributed by atoms with Gasteiger partial charge in [-0.3, -0.25) is 9.69 Å². The van der Waals surface area contributed by atoms with E-state index in [0.717, 1.165) is 43.2 Å². The highest BCUT2D eigenvalue weighted by molar-refractivity contribution is 6.31. The standard InChI is InChI=1S/C28H36ClN3O.CH3NO/c1-20-16-23(6-7-27(20)29)31-12-8-21(9-13-31)17-24(19-33)32-14-10-22(11-15-32)26-18-30-28-5-3-2-4-25(26)28;2-1-3/h2-7,16,18,21-22,24,30,33H,8-15,17,19H2,1H3;1H,(H2,2,3). The molecule has 2 aliphatic rings. The first kappa shape index (κ1) is 26.5. The van der Waals surface area contributed by atoms with Crippen molar-refractivity contribution < 1.29 is 9.90 Å². The van der Waals surface area contributed by atoms with Crippen molar-refractivity contribution in [1.29, 1.82) is 0 Å². The fraction of sp³-hybridized carbons (Fsp3) is 0.483. The number of H-pyrrole nitrogens is 1. The minimum Gasteiger partial charge on any atom is -0.395 e. The Bertz CT molecular complexity index is 1120. The number of anilines is 1. The molecule has 0 spiro atoms. The number of benzene rings is 2. The van der Waals surface area contributed by atoms with Crippen LogP contribution in [0.4, 0.5) is 5.69 Å². The van der Waals surface area contributed by atoms with Gasteiger partial charge in [-0.15, -0.1) is 0 Å². The van der Waals surface area contributed by atoms with Gasteiger partial charge in [0.15, 0.2) is 0 Å². The van der Waals surface area contributed by atoms with Gasteiger partial charge in [0.05, 0.1) is 6.61 Å². The van der Waals surface area contributed by atoms with Crippen molar-refractivity contribution in [2.75, 3.05) is 37.7 Å². The van der Waals surface area contributed by atoms with E-state index in [1.807, 2.05) is 6.07 Å². The van der Waals surface area contributed by atoms with Gasteiger partial charge in [0, 0.05) is 46.9 Å². The van der Waals surface area contributed by atoms with Gasteiger partial charge >= 0.3 is 0 Å². The fourth-order valence-electron chi connectivity index (χ4n) is 5.98. The van der Waals surface area contributed by atoms with Crippen LogP contribution in [-0.2, 0) is 4.79 Å².